The van der Waals surface area contributed by atoms with Crippen LogP contribution in [0.2, 0.25) is 0 Å². The quantitative estimate of drug-likeness (QED) is 0.589. The van der Waals surface area contributed by atoms with Gasteiger partial charge in [-0.2, -0.15) is 18.2 Å². The van der Waals surface area contributed by atoms with Crippen molar-refractivity contribution in [2.45, 2.75) is 19.1 Å². The number of aromatic nitrogens is 3. The lowest BCUT2D eigenvalue weighted by atomic mass is 10.1. The van der Waals surface area contributed by atoms with Crippen LogP contribution in [0, 0.1) is 0 Å². The Bertz CT molecular complexity index is 934. The second-order valence-electron chi connectivity index (χ2n) is 6.09. The van der Waals surface area contributed by atoms with E-state index in [-0.39, 0.29) is 30.1 Å². The first-order valence-electron chi connectivity index (χ1n) is 8.47. The van der Waals surface area contributed by atoms with Crippen LogP contribution in [0.15, 0.2) is 54.9 Å². The predicted octanol–water partition coefficient (Wildman–Crippen LogP) is 4.09. The monoisotopic (exact) mass is 389 g/mol. The Kier molecular flexibility index (Phi) is 5.74. The van der Waals surface area contributed by atoms with Crippen LogP contribution in [0.25, 0.3) is 11.3 Å². The first kappa shape index (κ1) is 19.6. The summed E-state index contributed by atoms with van der Waals surface area (Å²) in [4.78, 5) is 12.6. The van der Waals surface area contributed by atoms with Crippen LogP contribution in [0.3, 0.4) is 0 Å². The fourth-order valence-electron chi connectivity index (χ4n) is 2.49. The molecule has 0 aliphatic heterocycles. The van der Waals surface area contributed by atoms with Crippen molar-refractivity contribution >= 4 is 17.5 Å². The lowest BCUT2D eigenvalue weighted by Gasteiger charge is -2.16. The molecular formula is C19H18F3N5O. The number of aliphatic hydroxyl groups is 1. The highest BCUT2D eigenvalue weighted by atomic mass is 19.4. The molecule has 2 heterocycles. The van der Waals surface area contributed by atoms with Crippen LogP contribution in [0.1, 0.15) is 12.5 Å². The average Bonchev–Trinajstić information content (AvgIpc) is 2.68. The van der Waals surface area contributed by atoms with Crippen LogP contribution in [0.4, 0.5) is 30.6 Å². The maximum absolute atomic E-state index is 13.3. The summed E-state index contributed by atoms with van der Waals surface area (Å²) >= 11 is 0. The van der Waals surface area contributed by atoms with Gasteiger partial charge in [0.15, 0.2) is 0 Å². The Balaban J connectivity index is 2.02. The van der Waals surface area contributed by atoms with E-state index in [2.05, 4.69) is 25.6 Å². The number of aliphatic hydroxyl groups excluding tert-OH is 1. The molecule has 6 nitrogen and oxygen atoms in total. The van der Waals surface area contributed by atoms with Crippen molar-refractivity contribution in [3.63, 3.8) is 0 Å². The number of pyridine rings is 1. The van der Waals surface area contributed by atoms with Crippen molar-refractivity contribution in [3.8, 4) is 11.3 Å². The van der Waals surface area contributed by atoms with Crippen molar-refractivity contribution in [1.29, 1.82) is 0 Å². The summed E-state index contributed by atoms with van der Waals surface area (Å²) in [5.41, 5.74) is 0.314. The summed E-state index contributed by atoms with van der Waals surface area (Å²) in [6.45, 7) is 1.58. The Morgan fingerprint density at radius 2 is 1.79 bits per heavy atom. The topological polar surface area (TPSA) is 83.0 Å². The molecular weight excluding hydrogens is 371 g/mol. The summed E-state index contributed by atoms with van der Waals surface area (Å²) < 4.78 is 39.8. The number of nitrogens with one attached hydrogen (secondary N) is 2. The summed E-state index contributed by atoms with van der Waals surface area (Å²) in [5, 5.41) is 14.9. The smallest absolute Gasteiger partial charge is 0.394 e. The Labute approximate surface area is 159 Å². The highest BCUT2D eigenvalue weighted by Gasteiger charge is 2.33. The molecule has 0 saturated heterocycles. The Hall–Kier alpha value is -3.20. The maximum Gasteiger partial charge on any atom is 0.418 e. The van der Waals surface area contributed by atoms with E-state index in [0.717, 1.165) is 11.6 Å². The Morgan fingerprint density at radius 3 is 2.46 bits per heavy atom. The SMILES string of the molecule is C[C@@H](CO)Nc1nc(Nc2ccccc2C(F)(F)F)cc(-c2ccncc2)n1. The standard InChI is InChI=1S/C19H18F3N5O/c1-12(11-28)24-18-26-16(13-6-8-23-9-7-13)10-17(27-18)25-15-5-3-2-4-14(15)19(20,21)22/h2-10,12,28H,11H2,1H3,(H2,24,25,26,27)/t12-/m0/s1. The van der Waals surface area contributed by atoms with Crippen molar-refractivity contribution in [3.05, 3.63) is 60.4 Å². The van der Waals surface area contributed by atoms with Crippen molar-refractivity contribution < 1.29 is 18.3 Å². The molecule has 1 atom stereocenters. The first-order chi connectivity index (χ1) is 13.4. The molecule has 3 rings (SSSR count). The molecule has 28 heavy (non-hydrogen) atoms. The first-order valence-corrected chi connectivity index (χ1v) is 8.47. The molecule has 0 aliphatic rings. The van der Waals surface area contributed by atoms with Gasteiger partial charge in [0.05, 0.1) is 23.6 Å². The molecule has 0 amide bonds. The second kappa shape index (κ2) is 8.22. The number of anilines is 3. The van der Waals surface area contributed by atoms with Crippen LogP contribution < -0.4 is 10.6 Å². The van der Waals surface area contributed by atoms with Crippen molar-refractivity contribution in [2.24, 2.45) is 0 Å². The third-order valence-corrected chi connectivity index (χ3v) is 3.85. The fraction of sp³-hybridized carbons (Fsp3) is 0.211. The normalized spacial score (nSPS) is 12.5. The number of para-hydroxylation sites is 1. The second-order valence-corrected chi connectivity index (χ2v) is 6.09. The third-order valence-electron chi connectivity index (χ3n) is 3.85. The molecule has 9 heteroatoms. The minimum Gasteiger partial charge on any atom is -0.394 e. The highest BCUT2D eigenvalue weighted by Crippen LogP contribution is 2.36. The minimum atomic E-state index is -4.50. The molecule has 0 unspecified atom stereocenters. The van der Waals surface area contributed by atoms with Gasteiger partial charge in [0.25, 0.3) is 0 Å². The fourth-order valence-corrected chi connectivity index (χ4v) is 2.49. The van der Waals surface area contributed by atoms with E-state index >= 15 is 0 Å². The van der Waals surface area contributed by atoms with Gasteiger partial charge < -0.3 is 15.7 Å². The zero-order chi connectivity index (χ0) is 20.1. The molecule has 3 aromatic rings. The number of nitrogens with zero attached hydrogens (tertiary/aromatic N) is 3. The van der Waals surface area contributed by atoms with E-state index < -0.39 is 11.7 Å². The number of hydrogen-bond donors (Lipinski definition) is 3. The summed E-state index contributed by atoms with van der Waals surface area (Å²) in [6.07, 6.45) is -1.32. The van der Waals surface area contributed by atoms with E-state index in [4.69, 9.17) is 0 Å². The van der Waals surface area contributed by atoms with Gasteiger partial charge in [-0.1, -0.05) is 12.1 Å². The minimum absolute atomic E-state index is 0.115. The van der Waals surface area contributed by atoms with Gasteiger partial charge in [-0.15, -0.1) is 0 Å². The molecule has 0 spiro atoms. The number of halogens is 3. The highest BCUT2D eigenvalue weighted by molar-refractivity contribution is 5.68. The molecule has 0 fully saturated rings. The van der Waals surface area contributed by atoms with E-state index in [1.807, 2.05) is 0 Å². The lowest BCUT2D eigenvalue weighted by Crippen LogP contribution is -2.21. The predicted molar refractivity (Wildman–Crippen MR) is 100 cm³/mol. The molecule has 2 aromatic heterocycles. The lowest BCUT2D eigenvalue weighted by molar-refractivity contribution is -0.136. The molecule has 0 radical (unpaired) electrons. The van der Waals surface area contributed by atoms with Gasteiger partial charge in [-0.3, -0.25) is 4.98 Å². The molecule has 146 valence electrons. The van der Waals surface area contributed by atoms with E-state index in [0.29, 0.717) is 5.69 Å². The van der Waals surface area contributed by atoms with E-state index in [1.54, 1.807) is 37.5 Å². The number of benzene rings is 1. The van der Waals surface area contributed by atoms with Gasteiger partial charge in [0.1, 0.15) is 5.82 Å². The molecule has 3 N–H and O–H groups in total. The van der Waals surface area contributed by atoms with Gasteiger partial charge in [-0.25, -0.2) is 4.98 Å². The average molecular weight is 389 g/mol. The summed E-state index contributed by atoms with van der Waals surface area (Å²) in [6, 6.07) is 9.85. The van der Waals surface area contributed by atoms with Crippen LogP contribution in [0.5, 0.6) is 0 Å². The van der Waals surface area contributed by atoms with Gasteiger partial charge >= 0.3 is 6.18 Å². The zero-order valence-corrected chi connectivity index (χ0v) is 14.9. The summed E-state index contributed by atoms with van der Waals surface area (Å²) in [7, 11) is 0. The molecule has 0 aliphatic carbocycles. The molecule has 0 bridgehead atoms. The van der Waals surface area contributed by atoms with Gasteiger partial charge in [0, 0.05) is 30.1 Å². The van der Waals surface area contributed by atoms with E-state index in [1.165, 1.54) is 18.2 Å². The van der Waals surface area contributed by atoms with Crippen molar-refractivity contribution in [2.75, 3.05) is 17.2 Å². The van der Waals surface area contributed by atoms with Gasteiger partial charge in [0.2, 0.25) is 5.95 Å². The number of alkyl halides is 3. The number of hydrogen-bond acceptors (Lipinski definition) is 6. The van der Waals surface area contributed by atoms with Crippen LogP contribution in [-0.2, 0) is 6.18 Å². The third kappa shape index (κ3) is 4.74. The van der Waals surface area contributed by atoms with Gasteiger partial charge in [-0.05, 0) is 31.2 Å². The van der Waals surface area contributed by atoms with E-state index in [9.17, 15) is 18.3 Å². The number of rotatable bonds is 6. The Morgan fingerprint density at radius 1 is 1.07 bits per heavy atom. The van der Waals surface area contributed by atoms with Crippen LogP contribution >= 0.6 is 0 Å². The van der Waals surface area contributed by atoms with Crippen LogP contribution in [-0.4, -0.2) is 32.7 Å². The zero-order valence-electron chi connectivity index (χ0n) is 14.9. The van der Waals surface area contributed by atoms with Crippen molar-refractivity contribution in [1.82, 2.24) is 15.0 Å². The maximum atomic E-state index is 13.3. The largest absolute Gasteiger partial charge is 0.418 e. The molecule has 1 aromatic carbocycles. The molecule has 0 saturated carbocycles. The summed E-state index contributed by atoms with van der Waals surface area (Å²) in [5.74, 6) is 0.369.